The Morgan fingerprint density at radius 3 is 2.40 bits per heavy atom. The summed E-state index contributed by atoms with van der Waals surface area (Å²) < 4.78 is 54.4. The van der Waals surface area contributed by atoms with Gasteiger partial charge in [-0.3, -0.25) is 14.4 Å². The van der Waals surface area contributed by atoms with Crippen molar-refractivity contribution >= 4 is 27.6 Å². The highest BCUT2D eigenvalue weighted by molar-refractivity contribution is 7.92. The molecular formula is C21H23F2N5O6S. The molecular weight excluding hydrogens is 488 g/mol. The molecule has 14 heteroatoms. The SMILES string of the molecule is Cc1ccc(S(=O)(=O)C2C[C@@H](C(=O)N3CCC(F)(F)C3)[C@](C(=O)O)(C3CC3(C#N)C(N)=O)C2)nn1. The number of halogens is 2. The molecule has 2 heterocycles. The van der Waals surface area contributed by atoms with Crippen LogP contribution in [0.3, 0.4) is 0 Å². The van der Waals surface area contributed by atoms with Crippen molar-refractivity contribution in [2.45, 2.75) is 48.8 Å². The summed E-state index contributed by atoms with van der Waals surface area (Å²) in [6, 6.07) is 4.35. The predicted octanol–water partition coefficient (Wildman–Crippen LogP) is 0.291. The number of hydrogen-bond donors (Lipinski definition) is 2. The van der Waals surface area contributed by atoms with Gasteiger partial charge in [0.2, 0.25) is 11.8 Å². The van der Waals surface area contributed by atoms with E-state index >= 15 is 0 Å². The molecule has 0 radical (unpaired) electrons. The van der Waals surface area contributed by atoms with Gasteiger partial charge in [-0.25, -0.2) is 17.2 Å². The first kappa shape index (κ1) is 24.9. The Labute approximate surface area is 199 Å². The van der Waals surface area contributed by atoms with Gasteiger partial charge in [0.05, 0.1) is 34.9 Å². The summed E-state index contributed by atoms with van der Waals surface area (Å²) in [4.78, 5) is 39.1. The fourth-order valence-corrected chi connectivity index (χ4v) is 7.29. The van der Waals surface area contributed by atoms with Crippen molar-refractivity contribution in [3.63, 3.8) is 0 Å². The van der Waals surface area contributed by atoms with Crippen LogP contribution in [0.5, 0.6) is 0 Å². The molecule has 2 aliphatic carbocycles. The smallest absolute Gasteiger partial charge is 0.310 e. The summed E-state index contributed by atoms with van der Waals surface area (Å²) in [5, 5.41) is 25.5. The number of aliphatic carboxylic acids is 1. The highest BCUT2D eigenvalue weighted by Gasteiger charge is 2.76. The van der Waals surface area contributed by atoms with Crippen LogP contribution in [0.15, 0.2) is 17.2 Å². The highest BCUT2D eigenvalue weighted by Crippen LogP contribution is 2.68. The van der Waals surface area contributed by atoms with Crippen molar-refractivity contribution < 1.29 is 36.7 Å². The van der Waals surface area contributed by atoms with Crippen molar-refractivity contribution in [2.75, 3.05) is 13.1 Å². The normalized spacial score (nSPS) is 33.8. The van der Waals surface area contributed by atoms with Gasteiger partial charge < -0.3 is 15.7 Å². The molecule has 35 heavy (non-hydrogen) atoms. The van der Waals surface area contributed by atoms with Crippen LogP contribution in [-0.4, -0.2) is 70.7 Å². The number of sulfone groups is 1. The van der Waals surface area contributed by atoms with E-state index in [1.54, 1.807) is 13.0 Å². The van der Waals surface area contributed by atoms with E-state index in [4.69, 9.17) is 5.73 Å². The number of carboxylic acids is 1. The first-order valence-corrected chi connectivity index (χ1v) is 12.4. The standard InChI is InChI=1S/C21H23F2N5O6S/c1-11-2-3-15(27-26-11)35(33,34)12-6-13(16(29)28-5-4-20(22,23)10-28)21(7-12,18(31)32)14-8-19(14,9-24)17(25)30/h2-3,12-14H,4-8,10H2,1H3,(H2,25,30)(H,31,32)/t12?,13-,14?,19?,21-/m0/s1. The van der Waals surface area contributed by atoms with Crippen LogP contribution < -0.4 is 5.73 Å². The first-order chi connectivity index (χ1) is 16.2. The lowest BCUT2D eigenvalue weighted by atomic mass is 9.70. The quantitative estimate of drug-likeness (QED) is 0.542. The Hall–Kier alpha value is -3.21. The minimum atomic E-state index is -4.30. The number of nitrogens with zero attached hydrogens (tertiary/aromatic N) is 4. The van der Waals surface area contributed by atoms with Gasteiger partial charge in [-0.15, -0.1) is 5.10 Å². The van der Waals surface area contributed by atoms with E-state index in [2.05, 4.69) is 10.2 Å². The number of nitrogens with two attached hydrogens (primary N) is 1. The van der Waals surface area contributed by atoms with E-state index in [1.165, 1.54) is 12.1 Å². The summed E-state index contributed by atoms with van der Waals surface area (Å²) >= 11 is 0. The maximum Gasteiger partial charge on any atom is 0.310 e. The molecule has 2 amide bonds. The maximum absolute atomic E-state index is 13.8. The van der Waals surface area contributed by atoms with Crippen molar-refractivity contribution in [3.8, 4) is 6.07 Å². The van der Waals surface area contributed by atoms with Crippen LogP contribution in [0.4, 0.5) is 8.78 Å². The zero-order valence-electron chi connectivity index (χ0n) is 18.6. The van der Waals surface area contributed by atoms with E-state index in [-0.39, 0.29) is 13.0 Å². The second-order valence-electron chi connectivity index (χ2n) is 9.59. The molecule has 3 fully saturated rings. The second kappa shape index (κ2) is 7.91. The molecule has 0 aromatic carbocycles. The minimum absolute atomic E-state index is 0.276. The van der Waals surface area contributed by atoms with Gasteiger partial charge in [0.25, 0.3) is 5.92 Å². The average Bonchev–Trinajstić information content (AvgIpc) is 3.23. The summed E-state index contributed by atoms with van der Waals surface area (Å²) in [6.45, 7) is 0.332. The number of rotatable bonds is 6. The van der Waals surface area contributed by atoms with E-state index in [1.807, 2.05) is 0 Å². The second-order valence-corrected chi connectivity index (χ2v) is 11.8. The van der Waals surface area contributed by atoms with Gasteiger partial charge in [0, 0.05) is 18.9 Å². The molecule has 1 aliphatic heterocycles. The molecule has 1 aromatic heterocycles. The summed E-state index contributed by atoms with van der Waals surface area (Å²) in [6.07, 6.45) is -1.99. The fraction of sp³-hybridized carbons (Fsp3) is 0.619. The van der Waals surface area contributed by atoms with E-state index < -0.39 is 92.3 Å². The number of aryl methyl sites for hydroxylation is 1. The molecule has 5 atom stereocenters. The third kappa shape index (κ3) is 3.72. The van der Waals surface area contributed by atoms with Crippen LogP contribution in [0.2, 0.25) is 0 Å². The lowest BCUT2D eigenvalue weighted by molar-refractivity contribution is -0.160. The summed E-state index contributed by atoms with van der Waals surface area (Å²) in [7, 11) is -4.30. The number of alkyl halides is 2. The molecule has 188 valence electrons. The van der Waals surface area contributed by atoms with Crippen molar-refractivity contribution in [1.82, 2.24) is 15.1 Å². The Bertz CT molecular complexity index is 1250. The van der Waals surface area contributed by atoms with E-state index in [0.29, 0.717) is 5.69 Å². The Balaban J connectivity index is 1.79. The number of carboxylic acid groups (broad SMARTS) is 1. The van der Waals surface area contributed by atoms with Crippen molar-refractivity contribution in [2.24, 2.45) is 28.4 Å². The number of amides is 2. The maximum atomic E-state index is 13.8. The minimum Gasteiger partial charge on any atom is -0.481 e. The lowest BCUT2D eigenvalue weighted by Gasteiger charge is -2.33. The van der Waals surface area contributed by atoms with Crippen LogP contribution in [0.1, 0.15) is 31.4 Å². The molecule has 0 bridgehead atoms. The molecule has 3 unspecified atom stereocenters. The Kier molecular flexibility index (Phi) is 5.62. The number of carbonyl (C=O) groups excluding carboxylic acids is 2. The molecule has 11 nitrogen and oxygen atoms in total. The number of nitriles is 1. The largest absolute Gasteiger partial charge is 0.481 e. The van der Waals surface area contributed by atoms with Gasteiger partial charge in [0.1, 0.15) is 5.41 Å². The molecule has 3 aliphatic rings. The molecule has 1 saturated heterocycles. The zero-order valence-corrected chi connectivity index (χ0v) is 19.5. The Morgan fingerprint density at radius 2 is 1.94 bits per heavy atom. The molecule has 1 aromatic rings. The summed E-state index contributed by atoms with van der Waals surface area (Å²) in [5.74, 6) is -9.59. The zero-order chi connectivity index (χ0) is 26.0. The molecule has 2 saturated carbocycles. The fourth-order valence-electron chi connectivity index (χ4n) is 5.59. The van der Waals surface area contributed by atoms with Gasteiger partial charge >= 0.3 is 5.97 Å². The Morgan fingerprint density at radius 1 is 1.26 bits per heavy atom. The predicted molar refractivity (Wildman–Crippen MR) is 112 cm³/mol. The van der Waals surface area contributed by atoms with Crippen molar-refractivity contribution in [1.29, 1.82) is 5.26 Å². The summed E-state index contributed by atoms with van der Waals surface area (Å²) in [5.41, 5.74) is 1.76. The number of hydrogen-bond acceptors (Lipinski definition) is 8. The van der Waals surface area contributed by atoms with Crippen LogP contribution in [0, 0.1) is 40.9 Å². The number of likely N-dealkylation sites (tertiary alicyclic amines) is 1. The van der Waals surface area contributed by atoms with E-state index in [0.717, 1.165) is 4.90 Å². The van der Waals surface area contributed by atoms with Gasteiger partial charge in [0.15, 0.2) is 14.9 Å². The molecule has 4 rings (SSSR count). The van der Waals surface area contributed by atoms with Gasteiger partial charge in [-0.05, 0) is 38.3 Å². The number of primary amides is 1. The van der Waals surface area contributed by atoms with Gasteiger partial charge in [-0.1, -0.05) is 0 Å². The lowest BCUT2D eigenvalue weighted by Crippen LogP contribution is -2.48. The third-order valence-corrected chi connectivity index (χ3v) is 9.63. The van der Waals surface area contributed by atoms with E-state index in [9.17, 15) is 42.0 Å². The highest BCUT2D eigenvalue weighted by atomic mass is 32.2. The van der Waals surface area contributed by atoms with Crippen LogP contribution >= 0.6 is 0 Å². The van der Waals surface area contributed by atoms with Crippen LogP contribution in [0.25, 0.3) is 0 Å². The number of carbonyl (C=O) groups is 3. The molecule has 0 spiro atoms. The van der Waals surface area contributed by atoms with Gasteiger partial charge in [-0.2, -0.15) is 10.4 Å². The van der Waals surface area contributed by atoms with Crippen molar-refractivity contribution in [3.05, 3.63) is 17.8 Å². The third-order valence-electron chi connectivity index (χ3n) is 7.59. The molecule has 3 N–H and O–H groups in total. The number of aromatic nitrogens is 2. The monoisotopic (exact) mass is 511 g/mol. The topological polar surface area (TPSA) is 184 Å². The van der Waals surface area contributed by atoms with Crippen LogP contribution in [-0.2, 0) is 24.2 Å². The first-order valence-electron chi connectivity index (χ1n) is 10.9. The average molecular weight is 512 g/mol.